The minimum atomic E-state index is -0.360. The van der Waals surface area contributed by atoms with Crippen LogP contribution in [-0.2, 0) is 6.54 Å². The number of anilines is 1. The zero-order valence-electron chi connectivity index (χ0n) is 11.5. The second-order valence-corrected chi connectivity index (χ2v) is 4.94. The van der Waals surface area contributed by atoms with E-state index < -0.39 is 0 Å². The van der Waals surface area contributed by atoms with Crippen molar-refractivity contribution in [2.24, 2.45) is 0 Å². The molecule has 6 heteroatoms. The van der Waals surface area contributed by atoms with E-state index in [0.29, 0.717) is 22.2 Å². The summed E-state index contributed by atoms with van der Waals surface area (Å²) < 4.78 is 13.7. The highest BCUT2D eigenvalue weighted by Crippen LogP contribution is 2.20. The Kier molecular flexibility index (Phi) is 4.25. The second-order valence-electron chi connectivity index (χ2n) is 4.53. The van der Waals surface area contributed by atoms with Crippen LogP contribution in [0.3, 0.4) is 0 Å². The molecule has 0 spiro atoms. The number of hydrogen-bond donors (Lipinski definition) is 1. The summed E-state index contributed by atoms with van der Waals surface area (Å²) >= 11 is 5.99. The van der Waals surface area contributed by atoms with E-state index in [1.165, 1.54) is 6.07 Å². The smallest absolute Gasteiger partial charge is 0.223 e. The van der Waals surface area contributed by atoms with Crippen LogP contribution in [0.5, 0.6) is 0 Å². The van der Waals surface area contributed by atoms with Gasteiger partial charge in [-0.2, -0.15) is 0 Å². The Bertz CT molecular complexity index is 760. The predicted molar refractivity (Wildman–Crippen MR) is 84.0 cm³/mol. The van der Waals surface area contributed by atoms with E-state index in [-0.39, 0.29) is 12.4 Å². The molecule has 0 bridgehead atoms. The SMILES string of the molecule is Fc1cccc(Cl)c1CNc1nccc(-c2ccccn2)n1. The van der Waals surface area contributed by atoms with Crippen molar-refractivity contribution in [2.45, 2.75) is 6.54 Å². The monoisotopic (exact) mass is 314 g/mol. The molecular weight excluding hydrogens is 303 g/mol. The van der Waals surface area contributed by atoms with Gasteiger partial charge >= 0.3 is 0 Å². The summed E-state index contributed by atoms with van der Waals surface area (Å²) in [5.41, 5.74) is 1.82. The van der Waals surface area contributed by atoms with Gasteiger partial charge in [0.2, 0.25) is 5.95 Å². The molecule has 110 valence electrons. The number of benzene rings is 1. The number of rotatable bonds is 4. The van der Waals surface area contributed by atoms with Crippen molar-refractivity contribution in [3.63, 3.8) is 0 Å². The zero-order chi connectivity index (χ0) is 15.4. The maximum Gasteiger partial charge on any atom is 0.223 e. The largest absolute Gasteiger partial charge is 0.350 e. The van der Waals surface area contributed by atoms with Crippen LogP contribution in [0, 0.1) is 5.82 Å². The Hall–Kier alpha value is -2.53. The minimum absolute atomic E-state index is 0.206. The van der Waals surface area contributed by atoms with Gasteiger partial charge in [-0.1, -0.05) is 23.7 Å². The molecule has 0 aliphatic heterocycles. The highest BCUT2D eigenvalue weighted by atomic mass is 35.5. The Morgan fingerprint density at radius 2 is 1.86 bits per heavy atom. The fraction of sp³-hybridized carbons (Fsp3) is 0.0625. The molecule has 0 atom stereocenters. The first-order valence-electron chi connectivity index (χ1n) is 6.65. The number of nitrogens with one attached hydrogen (secondary N) is 1. The van der Waals surface area contributed by atoms with Crippen LogP contribution in [-0.4, -0.2) is 15.0 Å². The van der Waals surface area contributed by atoms with Crippen LogP contribution in [0.2, 0.25) is 5.02 Å². The first-order valence-corrected chi connectivity index (χ1v) is 7.03. The molecule has 2 heterocycles. The lowest BCUT2D eigenvalue weighted by atomic mass is 10.2. The van der Waals surface area contributed by atoms with E-state index in [1.54, 1.807) is 30.6 Å². The van der Waals surface area contributed by atoms with Gasteiger partial charge in [-0.3, -0.25) is 4.98 Å². The Morgan fingerprint density at radius 1 is 0.955 bits per heavy atom. The van der Waals surface area contributed by atoms with Crippen LogP contribution in [0.4, 0.5) is 10.3 Å². The van der Waals surface area contributed by atoms with Gasteiger partial charge in [0.25, 0.3) is 0 Å². The van der Waals surface area contributed by atoms with E-state index in [4.69, 9.17) is 11.6 Å². The molecule has 22 heavy (non-hydrogen) atoms. The van der Waals surface area contributed by atoms with Crippen molar-refractivity contribution in [1.82, 2.24) is 15.0 Å². The highest BCUT2D eigenvalue weighted by molar-refractivity contribution is 6.31. The molecule has 3 aromatic rings. The topological polar surface area (TPSA) is 50.7 Å². The summed E-state index contributed by atoms with van der Waals surface area (Å²) in [6.45, 7) is 0.206. The summed E-state index contributed by atoms with van der Waals surface area (Å²) in [5, 5.41) is 3.35. The van der Waals surface area contributed by atoms with Crippen molar-refractivity contribution in [1.29, 1.82) is 0 Å². The maximum absolute atomic E-state index is 13.7. The number of hydrogen-bond acceptors (Lipinski definition) is 4. The molecule has 4 nitrogen and oxygen atoms in total. The Morgan fingerprint density at radius 3 is 2.64 bits per heavy atom. The molecule has 0 aliphatic carbocycles. The fourth-order valence-corrected chi connectivity index (χ4v) is 2.20. The maximum atomic E-state index is 13.7. The third kappa shape index (κ3) is 3.20. The normalized spacial score (nSPS) is 10.5. The Balaban J connectivity index is 1.79. The van der Waals surface area contributed by atoms with E-state index in [9.17, 15) is 4.39 Å². The fourth-order valence-electron chi connectivity index (χ4n) is 1.97. The first-order chi connectivity index (χ1) is 10.7. The van der Waals surface area contributed by atoms with Gasteiger partial charge in [-0.15, -0.1) is 0 Å². The second kappa shape index (κ2) is 6.49. The van der Waals surface area contributed by atoms with E-state index in [0.717, 1.165) is 5.69 Å². The molecule has 0 amide bonds. The van der Waals surface area contributed by atoms with Crippen LogP contribution in [0.1, 0.15) is 5.56 Å². The van der Waals surface area contributed by atoms with Gasteiger partial charge < -0.3 is 5.32 Å². The van der Waals surface area contributed by atoms with Crippen LogP contribution in [0.15, 0.2) is 54.9 Å². The van der Waals surface area contributed by atoms with E-state index >= 15 is 0 Å². The number of halogens is 2. The van der Waals surface area contributed by atoms with Crippen molar-refractivity contribution in [3.8, 4) is 11.4 Å². The molecule has 0 fully saturated rings. The molecule has 0 saturated carbocycles. The van der Waals surface area contributed by atoms with Gasteiger partial charge in [-0.05, 0) is 30.3 Å². The highest BCUT2D eigenvalue weighted by Gasteiger charge is 2.08. The van der Waals surface area contributed by atoms with Gasteiger partial charge in [0, 0.05) is 29.5 Å². The van der Waals surface area contributed by atoms with Crippen LogP contribution >= 0.6 is 11.6 Å². The lowest BCUT2D eigenvalue weighted by Crippen LogP contribution is -2.06. The van der Waals surface area contributed by atoms with Gasteiger partial charge in [0.1, 0.15) is 5.82 Å². The molecule has 3 rings (SSSR count). The average molecular weight is 315 g/mol. The summed E-state index contributed by atoms with van der Waals surface area (Å²) in [6.07, 6.45) is 3.33. The van der Waals surface area contributed by atoms with Crippen LogP contribution in [0.25, 0.3) is 11.4 Å². The molecule has 1 N–H and O–H groups in total. The van der Waals surface area contributed by atoms with E-state index in [1.807, 2.05) is 18.2 Å². The van der Waals surface area contributed by atoms with Crippen molar-refractivity contribution in [3.05, 3.63) is 71.3 Å². The summed E-state index contributed by atoms with van der Waals surface area (Å²) in [6, 6.07) is 11.9. The quantitative estimate of drug-likeness (QED) is 0.792. The molecule has 0 unspecified atom stereocenters. The van der Waals surface area contributed by atoms with Crippen molar-refractivity contribution >= 4 is 17.5 Å². The molecule has 0 radical (unpaired) electrons. The number of aromatic nitrogens is 3. The van der Waals surface area contributed by atoms with Crippen LogP contribution < -0.4 is 5.32 Å². The molecule has 2 aromatic heterocycles. The number of nitrogens with zero attached hydrogens (tertiary/aromatic N) is 3. The van der Waals surface area contributed by atoms with Gasteiger partial charge in [0.05, 0.1) is 11.4 Å². The molecular formula is C16H12ClFN4. The van der Waals surface area contributed by atoms with E-state index in [2.05, 4.69) is 20.3 Å². The third-order valence-electron chi connectivity index (χ3n) is 3.07. The van der Waals surface area contributed by atoms with Gasteiger partial charge in [-0.25, -0.2) is 14.4 Å². The number of pyridine rings is 1. The minimum Gasteiger partial charge on any atom is -0.350 e. The van der Waals surface area contributed by atoms with Crippen molar-refractivity contribution in [2.75, 3.05) is 5.32 Å². The summed E-state index contributed by atoms with van der Waals surface area (Å²) in [7, 11) is 0. The Labute approximate surface area is 132 Å². The third-order valence-corrected chi connectivity index (χ3v) is 3.42. The molecule has 1 aromatic carbocycles. The average Bonchev–Trinajstić information content (AvgIpc) is 2.55. The van der Waals surface area contributed by atoms with Crippen molar-refractivity contribution < 1.29 is 4.39 Å². The summed E-state index contributed by atoms with van der Waals surface area (Å²) in [4.78, 5) is 12.7. The predicted octanol–water partition coefficient (Wildman–Crippen LogP) is 3.94. The lowest BCUT2D eigenvalue weighted by Gasteiger charge is -2.08. The summed E-state index contributed by atoms with van der Waals surface area (Å²) in [5.74, 6) is 0.0309. The molecule has 0 aliphatic rings. The first kappa shape index (κ1) is 14.4. The zero-order valence-corrected chi connectivity index (χ0v) is 12.3. The molecule has 0 saturated heterocycles. The lowest BCUT2D eigenvalue weighted by molar-refractivity contribution is 0.613. The standard InChI is InChI=1S/C16H12ClFN4/c17-12-4-3-5-13(18)11(12)10-21-16-20-9-7-15(22-16)14-6-1-2-8-19-14/h1-9H,10H2,(H,20,21,22). The van der Waals surface area contributed by atoms with Gasteiger partial charge in [0.15, 0.2) is 0 Å².